The van der Waals surface area contributed by atoms with Crippen LogP contribution in [0.4, 0.5) is 0 Å². The molecule has 3 fully saturated rings. The van der Waals surface area contributed by atoms with E-state index >= 15 is 0 Å². The molecule has 19 heavy (non-hydrogen) atoms. The van der Waals surface area contributed by atoms with E-state index < -0.39 is 0 Å². The molecule has 110 valence electrons. The maximum absolute atomic E-state index is 5.62. The molecule has 0 amide bonds. The van der Waals surface area contributed by atoms with Gasteiger partial charge in [0.15, 0.2) is 0 Å². The Morgan fingerprint density at radius 2 is 1.89 bits per heavy atom. The summed E-state index contributed by atoms with van der Waals surface area (Å²) in [6.45, 7) is 8.06. The Morgan fingerprint density at radius 1 is 1.16 bits per heavy atom. The summed E-state index contributed by atoms with van der Waals surface area (Å²) in [5, 5.41) is 3.79. The summed E-state index contributed by atoms with van der Waals surface area (Å²) in [6.07, 6.45) is 9.45. The molecule has 0 radical (unpaired) electrons. The molecule has 0 aromatic carbocycles. The third kappa shape index (κ3) is 3.93. The minimum atomic E-state index is 0.485. The number of hydrogen-bond donors (Lipinski definition) is 1. The van der Waals surface area contributed by atoms with E-state index in [4.69, 9.17) is 4.74 Å². The first-order valence-electron chi connectivity index (χ1n) is 8.36. The highest BCUT2D eigenvalue weighted by atomic mass is 16.5. The first kappa shape index (κ1) is 13.8. The molecular weight excluding hydrogens is 236 g/mol. The van der Waals surface area contributed by atoms with E-state index in [1.54, 1.807) is 0 Å². The normalized spacial score (nSPS) is 26.8. The summed E-state index contributed by atoms with van der Waals surface area (Å²) in [5.41, 5.74) is 0.485. The van der Waals surface area contributed by atoms with Crippen LogP contribution in [0.2, 0.25) is 0 Å². The van der Waals surface area contributed by atoms with E-state index in [-0.39, 0.29) is 0 Å². The van der Waals surface area contributed by atoms with Crippen LogP contribution in [0.3, 0.4) is 0 Å². The van der Waals surface area contributed by atoms with Crippen LogP contribution in [-0.4, -0.2) is 49.8 Å². The number of nitrogens with one attached hydrogen (secondary N) is 1. The fourth-order valence-corrected chi connectivity index (χ4v) is 3.39. The second-order valence-electron chi connectivity index (χ2n) is 6.97. The molecule has 0 spiro atoms. The minimum Gasteiger partial charge on any atom is -0.381 e. The summed E-state index contributed by atoms with van der Waals surface area (Å²) in [5.74, 6) is 0. The van der Waals surface area contributed by atoms with E-state index in [0.717, 1.165) is 25.3 Å². The van der Waals surface area contributed by atoms with Gasteiger partial charge in [0.05, 0.1) is 0 Å². The highest BCUT2D eigenvalue weighted by molar-refractivity contribution is 4.94. The van der Waals surface area contributed by atoms with Crippen molar-refractivity contribution in [2.24, 2.45) is 5.41 Å². The lowest BCUT2D eigenvalue weighted by Gasteiger charge is -2.41. The van der Waals surface area contributed by atoms with E-state index in [0.29, 0.717) is 5.41 Å². The Hall–Kier alpha value is -0.120. The molecule has 1 aliphatic heterocycles. The monoisotopic (exact) mass is 266 g/mol. The standard InChI is InChI=1S/C16H30N2O/c1-2-9-18(15-5-6-15)13-16(7-10-19-11-8-16)12-17-14-3-4-14/h14-15,17H,2-13H2,1H3. The van der Waals surface area contributed by atoms with Crippen molar-refractivity contribution < 1.29 is 4.74 Å². The molecule has 2 aliphatic carbocycles. The lowest BCUT2D eigenvalue weighted by atomic mass is 9.79. The fourth-order valence-electron chi connectivity index (χ4n) is 3.39. The largest absolute Gasteiger partial charge is 0.381 e. The number of rotatable bonds is 8. The van der Waals surface area contributed by atoms with E-state index in [2.05, 4.69) is 17.1 Å². The number of ether oxygens (including phenoxy) is 1. The van der Waals surface area contributed by atoms with E-state index in [9.17, 15) is 0 Å². The first-order valence-corrected chi connectivity index (χ1v) is 8.36. The van der Waals surface area contributed by atoms with Gasteiger partial charge in [-0.1, -0.05) is 6.92 Å². The van der Waals surface area contributed by atoms with Gasteiger partial charge >= 0.3 is 0 Å². The molecule has 0 unspecified atom stereocenters. The van der Waals surface area contributed by atoms with Crippen molar-refractivity contribution in [1.29, 1.82) is 0 Å². The van der Waals surface area contributed by atoms with Gasteiger partial charge < -0.3 is 10.1 Å². The summed E-state index contributed by atoms with van der Waals surface area (Å²) >= 11 is 0. The summed E-state index contributed by atoms with van der Waals surface area (Å²) < 4.78 is 5.62. The first-order chi connectivity index (χ1) is 9.31. The zero-order valence-corrected chi connectivity index (χ0v) is 12.5. The predicted octanol–water partition coefficient (Wildman–Crippen LogP) is 2.41. The average Bonchev–Trinajstić information content (AvgIpc) is 3.31. The van der Waals surface area contributed by atoms with Crippen molar-refractivity contribution >= 4 is 0 Å². The Balaban J connectivity index is 1.58. The lowest BCUT2D eigenvalue weighted by Crippen LogP contribution is -2.48. The van der Waals surface area contributed by atoms with Gasteiger partial charge in [0.2, 0.25) is 0 Å². The maximum atomic E-state index is 5.62. The Morgan fingerprint density at radius 3 is 2.47 bits per heavy atom. The Labute approximate surface area is 118 Å². The summed E-state index contributed by atoms with van der Waals surface area (Å²) in [4.78, 5) is 2.78. The molecule has 0 atom stereocenters. The zero-order valence-electron chi connectivity index (χ0n) is 12.5. The predicted molar refractivity (Wildman–Crippen MR) is 78.4 cm³/mol. The molecule has 1 N–H and O–H groups in total. The van der Waals surface area contributed by atoms with Crippen LogP contribution >= 0.6 is 0 Å². The zero-order chi connectivity index (χ0) is 13.1. The fraction of sp³-hybridized carbons (Fsp3) is 1.00. The van der Waals surface area contributed by atoms with Crippen LogP contribution in [0.25, 0.3) is 0 Å². The van der Waals surface area contributed by atoms with Crippen LogP contribution in [-0.2, 0) is 4.74 Å². The van der Waals surface area contributed by atoms with E-state index in [1.165, 1.54) is 64.6 Å². The molecule has 3 rings (SSSR count). The molecule has 3 heteroatoms. The topological polar surface area (TPSA) is 24.5 Å². The number of hydrogen-bond acceptors (Lipinski definition) is 3. The van der Waals surface area contributed by atoms with Crippen molar-refractivity contribution in [2.45, 2.75) is 64.0 Å². The van der Waals surface area contributed by atoms with Gasteiger partial charge in [0.25, 0.3) is 0 Å². The lowest BCUT2D eigenvalue weighted by molar-refractivity contribution is -0.00604. The molecule has 0 aromatic rings. The second-order valence-corrected chi connectivity index (χ2v) is 6.97. The Kier molecular flexibility index (Phi) is 4.45. The highest BCUT2D eigenvalue weighted by Crippen LogP contribution is 2.36. The minimum absolute atomic E-state index is 0.485. The second kappa shape index (κ2) is 6.11. The van der Waals surface area contributed by atoms with Crippen molar-refractivity contribution in [2.75, 3.05) is 32.8 Å². The molecule has 1 saturated heterocycles. The summed E-state index contributed by atoms with van der Waals surface area (Å²) in [7, 11) is 0. The van der Waals surface area contributed by atoms with Gasteiger partial charge in [-0.15, -0.1) is 0 Å². The van der Waals surface area contributed by atoms with Gasteiger partial charge in [-0.05, 0) is 56.9 Å². The molecule has 3 aliphatic rings. The van der Waals surface area contributed by atoms with Gasteiger partial charge in [-0.25, -0.2) is 0 Å². The van der Waals surface area contributed by atoms with Gasteiger partial charge in [-0.2, -0.15) is 0 Å². The van der Waals surface area contributed by atoms with Crippen molar-refractivity contribution in [3.05, 3.63) is 0 Å². The molecule has 0 aromatic heterocycles. The Bertz CT molecular complexity index is 280. The van der Waals surface area contributed by atoms with Crippen molar-refractivity contribution in [1.82, 2.24) is 10.2 Å². The van der Waals surface area contributed by atoms with Crippen LogP contribution in [0.15, 0.2) is 0 Å². The third-order valence-electron chi connectivity index (χ3n) is 5.01. The van der Waals surface area contributed by atoms with Crippen LogP contribution in [0.5, 0.6) is 0 Å². The third-order valence-corrected chi connectivity index (χ3v) is 5.01. The molecular formula is C16H30N2O. The van der Waals surface area contributed by atoms with Gasteiger partial charge in [0, 0.05) is 38.4 Å². The summed E-state index contributed by atoms with van der Waals surface area (Å²) in [6, 6.07) is 1.74. The van der Waals surface area contributed by atoms with Crippen LogP contribution in [0, 0.1) is 5.41 Å². The smallest absolute Gasteiger partial charge is 0.0472 e. The van der Waals surface area contributed by atoms with Crippen LogP contribution in [0.1, 0.15) is 51.9 Å². The molecule has 3 nitrogen and oxygen atoms in total. The van der Waals surface area contributed by atoms with E-state index in [1.807, 2.05) is 0 Å². The van der Waals surface area contributed by atoms with Crippen molar-refractivity contribution in [3.8, 4) is 0 Å². The average molecular weight is 266 g/mol. The molecule has 0 bridgehead atoms. The molecule has 1 heterocycles. The maximum Gasteiger partial charge on any atom is 0.0472 e. The highest BCUT2D eigenvalue weighted by Gasteiger charge is 2.39. The SMILES string of the molecule is CCCN(CC1(CNC2CC2)CCOCC1)C1CC1. The quantitative estimate of drug-likeness (QED) is 0.730. The van der Waals surface area contributed by atoms with Crippen LogP contribution < -0.4 is 5.32 Å². The number of nitrogens with zero attached hydrogens (tertiary/aromatic N) is 1. The molecule has 2 saturated carbocycles. The van der Waals surface area contributed by atoms with Gasteiger partial charge in [-0.3, -0.25) is 4.90 Å². The van der Waals surface area contributed by atoms with Crippen molar-refractivity contribution in [3.63, 3.8) is 0 Å². The van der Waals surface area contributed by atoms with Gasteiger partial charge in [0.1, 0.15) is 0 Å².